The van der Waals surface area contributed by atoms with E-state index < -0.39 is 6.04 Å². The first kappa shape index (κ1) is 17.1. The maximum atomic E-state index is 13.0. The molecule has 0 saturated carbocycles. The average Bonchev–Trinajstić information content (AvgIpc) is 2.60. The Balaban J connectivity index is 1.87. The molecule has 1 aliphatic heterocycles. The van der Waals surface area contributed by atoms with Gasteiger partial charge in [-0.1, -0.05) is 18.2 Å². The number of carbonyl (C=O) groups excluding carboxylic acids is 2. The molecule has 1 aromatic carbocycles. The van der Waals surface area contributed by atoms with Crippen LogP contribution in [-0.2, 0) is 16.0 Å². The molecule has 2 amide bonds. The molecule has 25 heavy (non-hydrogen) atoms. The summed E-state index contributed by atoms with van der Waals surface area (Å²) >= 11 is 0. The maximum Gasteiger partial charge on any atom is 0.244 e. The number of aromatic nitrogens is 1. The van der Waals surface area contributed by atoms with Crippen LogP contribution in [0.1, 0.15) is 19.5 Å². The van der Waals surface area contributed by atoms with E-state index in [9.17, 15) is 9.59 Å². The van der Waals surface area contributed by atoms with Gasteiger partial charge in [-0.25, -0.2) is 0 Å². The van der Waals surface area contributed by atoms with Crippen molar-refractivity contribution >= 4 is 23.2 Å². The first-order valence-electron chi connectivity index (χ1n) is 8.34. The molecule has 0 saturated heterocycles. The Bertz CT molecular complexity index is 778. The van der Waals surface area contributed by atoms with Gasteiger partial charge in [-0.15, -0.1) is 0 Å². The van der Waals surface area contributed by atoms with Crippen molar-refractivity contribution in [3.05, 3.63) is 54.4 Å². The van der Waals surface area contributed by atoms with Crippen LogP contribution in [0.4, 0.5) is 11.4 Å². The lowest BCUT2D eigenvalue weighted by atomic mass is 10.0. The van der Waals surface area contributed by atoms with Gasteiger partial charge >= 0.3 is 0 Å². The highest BCUT2D eigenvalue weighted by atomic mass is 16.2. The highest BCUT2D eigenvalue weighted by Crippen LogP contribution is 2.35. The summed E-state index contributed by atoms with van der Waals surface area (Å²) in [5.74, 6) is -0.196. The molecule has 0 aliphatic carbocycles. The Morgan fingerprint density at radius 1 is 1.20 bits per heavy atom. The van der Waals surface area contributed by atoms with Gasteiger partial charge < -0.3 is 15.5 Å². The van der Waals surface area contributed by atoms with Gasteiger partial charge in [0.2, 0.25) is 11.8 Å². The van der Waals surface area contributed by atoms with Crippen molar-refractivity contribution in [3.8, 4) is 0 Å². The third-order valence-corrected chi connectivity index (χ3v) is 4.40. The molecular formula is C19H22N4O2. The minimum atomic E-state index is -0.681. The van der Waals surface area contributed by atoms with Crippen molar-refractivity contribution in [3.63, 3.8) is 0 Å². The number of carbonyl (C=O) groups is 2. The second-order valence-electron chi connectivity index (χ2n) is 6.31. The van der Waals surface area contributed by atoms with Crippen LogP contribution in [0.2, 0.25) is 0 Å². The van der Waals surface area contributed by atoms with Crippen molar-refractivity contribution in [2.24, 2.45) is 5.73 Å². The highest BCUT2D eigenvalue weighted by molar-refractivity contribution is 6.05. The Morgan fingerprint density at radius 3 is 2.52 bits per heavy atom. The van der Waals surface area contributed by atoms with Crippen LogP contribution in [0.5, 0.6) is 0 Å². The largest absolute Gasteiger partial charge is 0.320 e. The maximum absolute atomic E-state index is 13.0. The van der Waals surface area contributed by atoms with E-state index in [1.165, 1.54) is 6.92 Å². The summed E-state index contributed by atoms with van der Waals surface area (Å²) in [7, 11) is 0. The molecule has 2 aromatic rings. The molecule has 2 N–H and O–H groups in total. The number of nitrogens with zero attached hydrogens (tertiary/aromatic N) is 3. The number of anilines is 2. The highest BCUT2D eigenvalue weighted by Gasteiger charge is 2.34. The average molecular weight is 338 g/mol. The van der Waals surface area contributed by atoms with E-state index in [0.29, 0.717) is 13.0 Å². The Kier molecular flexibility index (Phi) is 4.81. The lowest BCUT2D eigenvalue weighted by molar-refractivity contribution is -0.120. The van der Waals surface area contributed by atoms with E-state index in [1.54, 1.807) is 16.0 Å². The van der Waals surface area contributed by atoms with Crippen LogP contribution in [0, 0.1) is 0 Å². The summed E-state index contributed by atoms with van der Waals surface area (Å²) in [4.78, 5) is 32.6. The standard InChI is InChI=1S/C19H22N4O2/c1-13-12-22(17-8-3-4-9-18(17)23(13)14(2)24)19(25)16(20)11-15-7-5-6-10-21-15/h3-10,13,16H,11-12,20H2,1-2H3/t13-,16?/m0/s1. The molecule has 2 atom stereocenters. The summed E-state index contributed by atoms with van der Waals surface area (Å²) < 4.78 is 0. The van der Waals surface area contributed by atoms with Gasteiger partial charge in [-0.2, -0.15) is 0 Å². The fourth-order valence-electron chi connectivity index (χ4n) is 3.30. The first-order chi connectivity index (χ1) is 12.0. The number of benzene rings is 1. The van der Waals surface area contributed by atoms with E-state index in [0.717, 1.165) is 17.1 Å². The summed E-state index contributed by atoms with van der Waals surface area (Å²) in [5.41, 5.74) is 8.41. The molecule has 0 fully saturated rings. The van der Waals surface area contributed by atoms with Crippen molar-refractivity contribution in [1.82, 2.24) is 4.98 Å². The smallest absolute Gasteiger partial charge is 0.244 e. The van der Waals surface area contributed by atoms with Crippen molar-refractivity contribution < 1.29 is 9.59 Å². The minimum Gasteiger partial charge on any atom is -0.320 e. The summed E-state index contributed by atoms with van der Waals surface area (Å²) in [6.45, 7) is 3.89. The normalized spacial score (nSPS) is 17.8. The zero-order valence-corrected chi connectivity index (χ0v) is 14.4. The lowest BCUT2D eigenvalue weighted by Gasteiger charge is -2.41. The van der Waals surface area contributed by atoms with E-state index in [-0.39, 0.29) is 17.9 Å². The van der Waals surface area contributed by atoms with Crippen molar-refractivity contribution in [1.29, 1.82) is 0 Å². The van der Waals surface area contributed by atoms with Gasteiger partial charge in [0, 0.05) is 31.8 Å². The zero-order valence-electron chi connectivity index (χ0n) is 14.4. The number of rotatable bonds is 3. The molecule has 0 bridgehead atoms. The van der Waals surface area contributed by atoms with E-state index in [1.807, 2.05) is 49.4 Å². The van der Waals surface area contributed by atoms with Crippen LogP contribution in [0.25, 0.3) is 0 Å². The predicted octanol–water partition coefficient (Wildman–Crippen LogP) is 1.74. The molecular weight excluding hydrogens is 316 g/mol. The van der Waals surface area contributed by atoms with Crippen LogP contribution < -0.4 is 15.5 Å². The topological polar surface area (TPSA) is 79.5 Å². The first-order valence-corrected chi connectivity index (χ1v) is 8.34. The number of hydrogen-bond donors (Lipinski definition) is 1. The SMILES string of the molecule is CC(=O)N1c2ccccc2N(C(=O)C(N)Cc2ccccn2)C[C@@H]1C. The van der Waals surface area contributed by atoms with Gasteiger partial charge in [0.15, 0.2) is 0 Å². The number of amides is 2. The number of fused-ring (bicyclic) bond motifs is 1. The molecule has 0 radical (unpaired) electrons. The molecule has 6 heteroatoms. The summed E-state index contributed by atoms with van der Waals surface area (Å²) in [6, 6.07) is 12.2. The molecule has 6 nitrogen and oxygen atoms in total. The monoisotopic (exact) mass is 338 g/mol. The van der Waals surface area contributed by atoms with Gasteiger partial charge in [-0.05, 0) is 31.2 Å². The van der Waals surface area contributed by atoms with Gasteiger partial charge in [0.25, 0.3) is 0 Å². The Labute approximate surface area is 147 Å². The molecule has 1 unspecified atom stereocenters. The Hall–Kier alpha value is -2.73. The number of pyridine rings is 1. The third kappa shape index (κ3) is 3.39. The summed E-state index contributed by atoms with van der Waals surface area (Å²) in [5, 5.41) is 0. The van der Waals surface area contributed by atoms with Gasteiger partial charge in [0.1, 0.15) is 0 Å². The van der Waals surface area contributed by atoms with E-state index in [4.69, 9.17) is 5.73 Å². The molecule has 1 aliphatic rings. The van der Waals surface area contributed by atoms with Gasteiger partial charge in [0.05, 0.1) is 23.5 Å². The molecule has 0 spiro atoms. The zero-order chi connectivity index (χ0) is 18.0. The van der Waals surface area contributed by atoms with E-state index in [2.05, 4.69) is 4.98 Å². The molecule has 1 aromatic heterocycles. The third-order valence-electron chi connectivity index (χ3n) is 4.40. The van der Waals surface area contributed by atoms with Crippen molar-refractivity contribution in [2.75, 3.05) is 16.3 Å². The molecule has 3 rings (SSSR count). The molecule has 130 valence electrons. The predicted molar refractivity (Wildman–Crippen MR) is 97.3 cm³/mol. The Morgan fingerprint density at radius 2 is 1.88 bits per heavy atom. The van der Waals surface area contributed by atoms with Gasteiger partial charge in [-0.3, -0.25) is 14.6 Å². The number of hydrogen-bond acceptors (Lipinski definition) is 4. The summed E-state index contributed by atoms with van der Waals surface area (Å²) in [6.07, 6.45) is 2.07. The minimum absolute atomic E-state index is 0.0372. The second-order valence-corrected chi connectivity index (χ2v) is 6.31. The second kappa shape index (κ2) is 7.03. The number of para-hydroxylation sites is 2. The van der Waals surface area contributed by atoms with Crippen LogP contribution in [0.15, 0.2) is 48.7 Å². The lowest BCUT2D eigenvalue weighted by Crippen LogP contribution is -2.55. The fourth-order valence-corrected chi connectivity index (χ4v) is 3.30. The quantitative estimate of drug-likeness (QED) is 0.924. The molecule has 2 heterocycles. The van der Waals surface area contributed by atoms with Crippen LogP contribution in [0.3, 0.4) is 0 Å². The van der Waals surface area contributed by atoms with Crippen LogP contribution in [-0.4, -0.2) is 35.4 Å². The van der Waals surface area contributed by atoms with E-state index >= 15 is 0 Å². The fraction of sp³-hybridized carbons (Fsp3) is 0.316. The van der Waals surface area contributed by atoms with Crippen LogP contribution >= 0.6 is 0 Å². The van der Waals surface area contributed by atoms with Crippen molar-refractivity contribution in [2.45, 2.75) is 32.4 Å². The number of nitrogens with two attached hydrogens (primary N) is 1.